The van der Waals surface area contributed by atoms with Gasteiger partial charge in [-0.2, -0.15) is 24.6 Å². The molecule has 0 saturated carbocycles. The monoisotopic (exact) mass is 151 g/mol. The van der Waals surface area contributed by atoms with Crippen molar-refractivity contribution >= 4 is 17.7 Å². The van der Waals surface area contributed by atoms with Crippen molar-refractivity contribution in [2.24, 2.45) is 0 Å². The summed E-state index contributed by atoms with van der Waals surface area (Å²) in [5.74, 6) is 0.642. The minimum absolute atomic E-state index is 0.100. The van der Waals surface area contributed by atoms with Crippen LogP contribution >= 0.6 is 0 Å². The standard InChI is InChI=1S/C4H5N7/c5-2-9-3(6)11-4(10-2)7-1-8-11/h1H,(H4,5,6,7,8,9,10). The molecule has 2 rings (SSSR count). The molecule has 0 spiro atoms. The van der Waals surface area contributed by atoms with Gasteiger partial charge >= 0.3 is 0 Å². The maximum Gasteiger partial charge on any atom is 0.258 e. The van der Waals surface area contributed by atoms with Crippen molar-refractivity contribution in [2.75, 3.05) is 11.5 Å². The number of nitrogen functional groups attached to an aromatic ring is 2. The number of hydrogen-bond acceptors (Lipinski definition) is 6. The molecule has 0 aliphatic heterocycles. The van der Waals surface area contributed by atoms with Gasteiger partial charge in [0, 0.05) is 0 Å². The maximum absolute atomic E-state index is 5.43. The minimum atomic E-state index is 0.100. The molecule has 11 heavy (non-hydrogen) atoms. The Morgan fingerprint density at radius 1 is 1.27 bits per heavy atom. The van der Waals surface area contributed by atoms with E-state index in [1.54, 1.807) is 0 Å². The fourth-order valence-electron chi connectivity index (χ4n) is 0.765. The number of hydrogen-bond donors (Lipinski definition) is 2. The Kier molecular flexibility index (Phi) is 0.945. The normalized spacial score (nSPS) is 10.5. The summed E-state index contributed by atoms with van der Waals surface area (Å²) in [6.07, 6.45) is 1.33. The number of anilines is 2. The van der Waals surface area contributed by atoms with E-state index in [-0.39, 0.29) is 11.9 Å². The van der Waals surface area contributed by atoms with Crippen LogP contribution in [-0.2, 0) is 0 Å². The van der Waals surface area contributed by atoms with Gasteiger partial charge in [-0.1, -0.05) is 0 Å². The molecule has 0 atom stereocenters. The van der Waals surface area contributed by atoms with Gasteiger partial charge in [-0.05, 0) is 0 Å². The maximum atomic E-state index is 5.43. The van der Waals surface area contributed by atoms with Gasteiger partial charge < -0.3 is 11.5 Å². The van der Waals surface area contributed by atoms with Gasteiger partial charge in [0.25, 0.3) is 5.78 Å². The lowest BCUT2D eigenvalue weighted by Crippen LogP contribution is -2.06. The van der Waals surface area contributed by atoms with Crippen LogP contribution in [0.1, 0.15) is 0 Å². The largest absolute Gasteiger partial charge is 0.368 e. The summed E-state index contributed by atoms with van der Waals surface area (Å²) in [5.41, 5.74) is 10.7. The first kappa shape index (κ1) is 5.83. The van der Waals surface area contributed by atoms with Crippen molar-refractivity contribution in [3.63, 3.8) is 0 Å². The third kappa shape index (κ3) is 0.741. The summed E-state index contributed by atoms with van der Waals surface area (Å²) in [4.78, 5) is 11.2. The summed E-state index contributed by atoms with van der Waals surface area (Å²) in [6.45, 7) is 0. The molecule has 56 valence electrons. The molecule has 7 nitrogen and oxygen atoms in total. The van der Waals surface area contributed by atoms with Gasteiger partial charge in [-0.3, -0.25) is 0 Å². The lowest BCUT2D eigenvalue weighted by molar-refractivity contribution is 0.914. The van der Waals surface area contributed by atoms with Gasteiger partial charge in [0.15, 0.2) is 0 Å². The van der Waals surface area contributed by atoms with Crippen LogP contribution in [0.4, 0.5) is 11.9 Å². The fraction of sp³-hybridized carbons (Fsp3) is 0. The highest BCUT2D eigenvalue weighted by molar-refractivity contribution is 5.39. The van der Waals surface area contributed by atoms with Gasteiger partial charge in [0.1, 0.15) is 6.33 Å². The summed E-state index contributed by atoms with van der Waals surface area (Å²) >= 11 is 0. The Morgan fingerprint density at radius 2 is 2.09 bits per heavy atom. The molecular weight excluding hydrogens is 146 g/mol. The summed E-state index contributed by atoms with van der Waals surface area (Å²) in [7, 11) is 0. The Labute approximate surface area is 61.1 Å². The second-order valence-corrected chi connectivity index (χ2v) is 1.91. The molecule has 2 aromatic heterocycles. The summed E-state index contributed by atoms with van der Waals surface area (Å²) < 4.78 is 1.30. The number of aromatic nitrogens is 5. The molecule has 2 aromatic rings. The Balaban J connectivity index is 2.91. The van der Waals surface area contributed by atoms with Crippen molar-refractivity contribution in [3.05, 3.63) is 6.33 Å². The average molecular weight is 151 g/mol. The first-order valence-corrected chi connectivity index (χ1v) is 2.86. The number of fused-ring (bicyclic) bond motifs is 1. The van der Waals surface area contributed by atoms with Crippen LogP contribution in [0.5, 0.6) is 0 Å². The van der Waals surface area contributed by atoms with Crippen LogP contribution in [0, 0.1) is 0 Å². The zero-order chi connectivity index (χ0) is 7.84. The van der Waals surface area contributed by atoms with Crippen LogP contribution in [0.15, 0.2) is 6.33 Å². The first-order chi connectivity index (χ1) is 5.27. The number of nitrogens with two attached hydrogens (primary N) is 2. The van der Waals surface area contributed by atoms with Crippen LogP contribution in [0.25, 0.3) is 5.78 Å². The third-order valence-electron chi connectivity index (χ3n) is 1.19. The fourth-order valence-corrected chi connectivity index (χ4v) is 0.765. The van der Waals surface area contributed by atoms with Gasteiger partial charge in [0.2, 0.25) is 11.9 Å². The van der Waals surface area contributed by atoms with Gasteiger partial charge in [0.05, 0.1) is 0 Å². The Hall–Kier alpha value is -1.92. The number of nitrogens with zero attached hydrogens (tertiary/aromatic N) is 5. The molecule has 4 N–H and O–H groups in total. The van der Waals surface area contributed by atoms with E-state index in [4.69, 9.17) is 11.5 Å². The molecule has 0 fully saturated rings. The molecule has 0 saturated heterocycles. The molecular formula is C4H5N7. The van der Waals surface area contributed by atoms with Crippen LogP contribution < -0.4 is 11.5 Å². The lowest BCUT2D eigenvalue weighted by atomic mass is 10.9. The van der Waals surface area contributed by atoms with E-state index in [0.717, 1.165) is 0 Å². The molecule has 0 aliphatic rings. The van der Waals surface area contributed by atoms with E-state index in [9.17, 15) is 0 Å². The summed E-state index contributed by atoms with van der Waals surface area (Å²) in [5, 5.41) is 3.76. The highest BCUT2D eigenvalue weighted by atomic mass is 15.4. The van der Waals surface area contributed by atoms with E-state index >= 15 is 0 Å². The summed E-state index contributed by atoms with van der Waals surface area (Å²) in [6, 6.07) is 0. The van der Waals surface area contributed by atoms with Crippen molar-refractivity contribution in [3.8, 4) is 0 Å². The van der Waals surface area contributed by atoms with Gasteiger partial charge in [-0.25, -0.2) is 0 Å². The van der Waals surface area contributed by atoms with Gasteiger partial charge in [-0.15, -0.1) is 0 Å². The predicted octanol–water partition coefficient (Wildman–Crippen LogP) is -1.32. The Bertz CT molecular complexity index is 390. The first-order valence-electron chi connectivity index (χ1n) is 2.86. The van der Waals surface area contributed by atoms with Crippen LogP contribution in [-0.4, -0.2) is 24.6 Å². The van der Waals surface area contributed by atoms with E-state index in [1.807, 2.05) is 0 Å². The molecule has 0 unspecified atom stereocenters. The smallest absolute Gasteiger partial charge is 0.258 e. The molecule has 0 amide bonds. The van der Waals surface area contributed by atoms with E-state index in [2.05, 4.69) is 20.1 Å². The van der Waals surface area contributed by atoms with E-state index in [0.29, 0.717) is 5.78 Å². The molecule has 0 aliphatic carbocycles. The van der Waals surface area contributed by atoms with Crippen molar-refractivity contribution in [2.45, 2.75) is 0 Å². The topological polar surface area (TPSA) is 108 Å². The second-order valence-electron chi connectivity index (χ2n) is 1.91. The van der Waals surface area contributed by atoms with Crippen LogP contribution in [0.2, 0.25) is 0 Å². The Morgan fingerprint density at radius 3 is 2.91 bits per heavy atom. The minimum Gasteiger partial charge on any atom is -0.368 e. The zero-order valence-corrected chi connectivity index (χ0v) is 5.47. The third-order valence-corrected chi connectivity index (χ3v) is 1.19. The molecule has 0 radical (unpaired) electrons. The second kappa shape index (κ2) is 1.78. The van der Waals surface area contributed by atoms with Crippen LogP contribution in [0.3, 0.4) is 0 Å². The van der Waals surface area contributed by atoms with Crippen molar-refractivity contribution in [1.82, 2.24) is 24.6 Å². The van der Waals surface area contributed by atoms with E-state index < -0.39 is 0 Å². The highest BCUT2D eigenvalue weighted by Crippen LogP contribution is 2.01. The number of rotatable bonds is 0. The predicted molar refractivity (Wildman–Crippen MR) is 37.4 cm³/mol. The molecule has 2 heterocycles. The molecule has 7 heteroatoms. The molecule has 0 aromatic carbocycles. The lowest BCUT2D eigenvalue weighted by Gasteiger charge is -1.95. The van der Waals surface area contributed by atoms with Crippen molar-refractivity contribution in [1.29, 1.82) is 0 Å². The molecule has 0 bridgehead atoms. The highest BCUT2D eigenvalue weighted by Gasteiger charge is 2.02. The average Bonchev–Trinajstić information content (AvgIpc) is 2.34. The van der Waals surface area contributed by atoms with E-state index in [1.165, 1.54) is 10.8 Å². The van der Waals surface area contributed by atoms with Crippen molar-refractivity contribution < 1.29 is 0 Å². The SMILES string of the molecule is Nc1nc(N)n2ncnc2n1. The zero-order valence-electron chi connectivity index (χ0n) is 5.47. The quantitative estimate of drug-likeness (QED) is 0.483.